The Morgan fingerprint density at radius 3 is 2.67 bits per heavy atom. The van der Waals surface area contributed by atoms with Crippen molar-refractivity contribution in [1.82, 2.24) is 4.90 Å². The van der Waals surface area contributed by atoms with Crippen molar-refractivity contribution in [2.75, 3.05) is 43.9 Å². The van der Waals surface area contributed by atoms with Gasteiger partial charge in [-0.25, -0.2) is 0 Å². The third kappa shape index (κ3) is 4.07. The molecule has 1 heterocycles. The van der Waals surface area contributed by atoms with Crippen molar-refractivity contribution in [2.45, 2.75) is 19.8 Å². The van der Waals surface area contributed by atoms with E-state index in [0.717, 1.165) is 39.0 Å². The Morgan fingerprint density at radius 1 is 1.38 bits per heavy atom. The van der Waals surface area contributed by atoms with Crippen LogP contribution < -0.4 is 10.6 Å². The van der Waals surface area contributed by atoms with E-state index in [4.69, 9.17) is 0 Å². The monoisotopic (exact) mass is 292 g/mol. The number of benzene rings is 1. The van der Waals surface area contributed by atoms with Gasteiger partial charge in [-0.1, -0.05) is 13.0 Å². The Labute approximate surface area is 125 Å². The van der Waals surface area contributed by atoms with Crippen LogP contribution in [0.25, 0.3) is 0 Å². The number of hydrogen-bond donors (Lipinski definition) is 2. The zero-order valence-electron chi connectivity index (χ0n) is 12.8. The second-order valence-electron chi connectivity index (χ2n) is 5.68. The number of anilines is 2. The third-order valence-corrected chi connectivity index (χ3v) is 3.85. The first-order valence-electron chi connectivity index (χ1n) is 7.55. The van der Waals surface area contributed by atoms with Gasteiger partial charge >= 0.3 is 5.69 Å². The Bertz CT molecular complexity index is 493. The molecule has 1 saturated heterocycles. The van der Waals surface area contributed by atoms with Crippen LogP contribution in [0.3, 0.4) is 0 Å². The number of nitro groups is 1. The number of rotatable bonds is 7. The SMILES string of the molecule is CCCNc1cccc(NCC2CCN(C)C2)c1[N+](=O)[O-]. The van der Waals surface area contributed by atoms with Crippen LogP contribution in [0.2, 0.25) is 0 Å². The standard InChI is InChI=1S/C15H24N4O2/c1-3-8-16-13-5-4-6-14(15(13)19(20)21)17-10-12-7-9-18(2)11-12/h4-6,12,16-17H,3,7-11H2,1-2H3. The summed E-state index contributed by atoms with van der Waals surface area (Å²) in [6, 6.07) is 5.41. The third-order valence-electron chi connectivity index (χ3n) is 3.85. The maximum absolute atomic E-state index is 11.4. The molecule has 1 unspecified atom stereocenters. The van der Waals surface area contributed by atoms with Crippen molar-refractivity contribution in [3.63, 3.8) is 0 Å². The minimum absolute atomic E-state index is 0.150. The van der Waals surface area contributed by atoms with Crippen molar-refractivity contribution in [2.24, 2.45) is 5.92 Å². The molecule has 1 aliphatic heterocycles. The first-order chi connectivity index (χ1) is 10.1. The van der Waals surface area contributed by atoms with Crippen LogP contribution in [0.5, 0.6) is 0 Å². The molecular weight excluding hydrogens is 268 g/mol. The number of hydrogen-bond acceptors (Lipinski definition) is 5. The van der Waals surface area contributed by atoms with Gasteiger partial charge in [0.2, 0.25) is 0 Å². The highest BCUT2D eigenvalue weighted by Crippen LogP contribution is 2.33. The Balaban J connectivity index is 2.08. The Morgan fingerprint density at radius 2 is 2.10 bits per heavy atom. The predicted octanol–water partition coefficient (Wildman–Crippen LogP) is 2.78. The zero-order valence-corrected chi connectivity index (χ0v) is 12.8. The smallest absolute Gasteiger partial charge is 0.315 e. The van der Waals surface area contributed by atoms with Crippen molar-refractivity contribution < 1.29 is 4.92 Å². The largest absolute Gasteiger partial charge is 0.379 e. The van der Waals surface area contributed by atoms with E-state index < -0.39 is 0 Å². The van der Waals surface area contributed by atoms with Crippen LogP contribution in [0.1, 0.15) is 19.8 Å². The van der Waals surface area contributed by atoms with Crippen LogP contribution in [0.4, 0.5) is 17.1 Å². The molecule has 0 spiro atoms. The summed E-state index contributed by atoms with van der Waals surface area (Å²) in [5.41, 5.74) is 1.35. The lowest BCUT2D eigenvalue weighted by molar-refractivity contribution is -0.383. The van der Waals surface area contributed by atoms with Gasteiger partial charge in [-0.15, -0.1) is 0 Å². The van der Waals surface area contributed by atoms with Crippen molar-refractivity contribution in [3.8, 4) is 0 Å². The quantitative estimate of drug-likeness (QED) is 0.597. The van der Waals surface area contributed by atoms with Gasteiger partial charge in [0.15, 0.2) is 0 Å². The van der Waals surface area contributed by atoms with Crippen molar-refractivity contribution >= 4 is 17.1 Å². The van der Waals surface area contributed by atoms with Crippen LogP contribution in [0, 0.1) is 16.0 Å². The molecule has 0 radical (unpaired) electrons. The number of nitrogens with zero attached hydrogens (tertiary/aromatic N) is 2. The summed E-state index contributed by atoms with van der Waals surface area (Å²) in [7, 11) is 2.11. The second kappa shape index (κ2) is 7.26. The molecule has 1 atom stereocenters. The van der Waals surface area contributed by atoms with E-state index in [1.54, 1.807) is 12.1 Å². The summed E-state index contributed by atoms with van der Waals surface area (Å²) in [6.45, 7) is 5.71. The van der Waals surface area contributed by atoms with Crippen LogP contribution in [-0.2, 0) is 0 Å². The number of para-hydroxylation sites is 1. The Hall–Kier alpha value is -1.82. The number of nitrogens with one attached hydrogen (secondary N) is 2. The van der Waals surface area contributed by atoms with E-state index in [-0.39, 0.29) is 10.6 Å². The summed E-state index contributed by atoms with van der Waals surface area (Å²) >= 11 is 0. The van der Waals surface area contributed by atoms with Gasteiger partial charge in [0.05, 0.1) is 4.92 Å². The van der Waals surface area contributed by atoms with Crippen molar-refractivity contribution in [3.05, 3.63) is 28.3 Å². The summed E-state index contributed by atoms with van der Waals surface area (Å²) in [5, 5.41) is 17.8. The fourth-order valence-corrected chi connectivity index (χ4v) is 2.73. The van der Waals surface area contributed by atoms with E-state index in [1.165, 1.54) is 0 Å². The summed E-state index contributed by atoms with van der Waals surface area (Å²) in [4.78, 5) is 13.4. The topological polar surface area (TPSA) is 70.4 Å². The molecule has 1 aromatic rings. The van der Waals surface area contributed by atoms with E-state index in [2.05, 4.69) is 22.6 Å². The van der Waals surface area contributed by atoms with Gasteiger partial charge in [-0.3, -0.25) is 10.1 Å². The number of likely N-dealkylation sites (tertiary alicyclic amines) is 1. The lowest BCUT2D eigenvalue weighted by atomic mass is 10.1. The van der Waals surface area contributed by atoms with Gasteiger partial charge in [0.1, 0.15) is 11.4 Å². The lowest BCUT2D eigenvalue weighted by Crippen LogP contribution is -2.19. The molecule has 0 amide bonds. The fourth-order valence-electron chi connectivity index (χ4n) is 2.73. The average molecular weight is 292 g/mol. The second-order valence-corrected chi connectivity index (χ2v) is 5.68. The first-order valence-corrected chi connectivity index (χ1v) is 7.55. The maximum Gasteiger partial charge on any atom is 0.315 e. The molecule has 0 saturated carbocycles. The van der Waals surface area contributed by atoms with E-state index in [1.807, 2.05) is 13.0 Å². The van der Waals surface area contributed by atoms with E-state index in [0.29, 0.717) is 17.3 Å². The normalized spacial score (nSPS) is 18.7. The molecule has 0 bridgehead atoms. The fraction of sp³-hybridized carbons (Fsp3) is 0.600. The highest BCUT2D eigenvalue weighted by molar-refractivity contribution is 5.76. The molecule has 2 rings (SSSR count). The molecule has 0 aliphatic carbocycles. The van der Waals surface area contributed by atoms with Crippen LogP contribution in [0.15, 0.2) is 18.2 Å². The first kappa shape index (κ1) is 15.6. The molecule has 2 N–H and O–H groups in total. The van der Waals surface area contributed by atoms with Crippen molar-refractivity contribution in [1.29, 1.82) is 0 Å². The molecule has 116 valence electrons. The molecule has 1 fully saturated rings. The average Bonchev–Trinajstić information content (AvgIpc) is 2.88. The van der Waals surface area contributed by atoms with Gasteiger partial charge in [-0.05, 0) is 44.5 Å². The van der Waals surface area contributed by atoms with Gasteiger partial charge < -0.3 is 15.5 Å². The molecular formula is C15H24N4O2. The minimum Gasteiger partial charge on any atom is -0.379 e. The van der Waals surface area contributed by atoms with E-state index >= 15 is 0 Å². The number of nitro benzene ring substituents is 1. The predicted molar refractivity (Wildman–Crippen MR) is 86.0 cm³/mol. The van der Waals surface area contributed by atoms with Gasteiger partial charge in [0.25, 0.3) is 0 Å². The molecule has 1 aromatic carbocycles. The molecule has 0 aromatic heterocycles. The maximum atomic E-state index is 11.4. The summed E-state index contributed by atoms with van der Waals surface area (Å²) < 4.78 is 0. The summed E-state index contributed by atoms with van der Waals surface area (Å²) in [6.07, 6.45) is 2.08. The molecule has 6 heteroatoms. The zero-order chi connectivity index (χ0) is 15.2. The summed E-state index contributed by atoms with van der Waals surface area (Å²) in [5.74, 6) is 0.557. The Kier molecular flexibility index (Phi) is 5.38. The molecule has 21 heavy (non-hydrogen) atoms. The van der Waals surface area contributed by atoms with Gasteiger partial charge in [-0.2, -0.15) is 0 Å². The minimum atomic E-state index is -0.304. The highest BCUT2D eigenvalue weighted by Gasteiger charge is 2.22. The van der Waals surface area contributed by atoms with E-state index in [9.17, 15) is 10.1 Å². The highest BCUT2D eigenvalue weighted by atomic mass is 16.6. The van der Waals surface area contributed by atoms with Gasteiger partial charge in [0, 0.05) is 19.6 Å². The lowest BCUT2D eigenvalue weighted by Gasteiger charge is -2.14. The van der Waals surface area contributed by atoms with Crippen LogP contribution >= 0.6 is 0 Å². The molecule has 6 nitrogen and oxygen atoms in total. The van der Waals surface area contributed by atoms with Crippen LogP contribution in [-0.4, -0.2) is 43.0 Å². The molecule has 1 aliphatic rings.